The van der Waals surface area contributed by atoms with E-state index in [0.29, 0.717) is 32.0 Å². The zero-order valence-corrected chi connectivity index (χ0v) is 19.7. The topological polar surface area (TPSA) is 45.7 Å². The van der Waals surface area contributed by atoms with Crippen molar-refractivity contribution in [2.45, 2.75) is 6.42 Å². The number of carbonyl (C=O) groups excluding carboxylic acids is 1. The molecule has 0 radical (unpaired) electrons. The summed E-state index contributed by atoms with van der Waals surface area (Å²) in [6.45, 7) is 4.49. The van der Waals surface area contributed by atoms with Crippen molar-refractivity contribution >= 4 is 68.2 Å². The van der Waals surface area contributed by atoms with Crippen LogP contribution in [0, 0.1) is 5.82 Å². The van der Waals surface area contributed by atoms with Crippen LogP contribution in [0.2, 0.25) is 10.0 Å². The van der Waals surface area contributed by atoms with Crippen molar-refractivity contribution in [3.63, 3.8) is 0 Å². The highest BCUT2D eigenvalue weighted by Crippen LogP contribution is 2.32. The molecule has 1 amide bonds. The van der Waals surface area contributed by atoms with Crippen LogP contribution in [0.5, 0.6) is 0 Å². The predicted octanol–water partition coefficient (Wildman–Crippen LogP) is 5.53. The van der Waals surface area contributed by atoms with E-state index >= 15 is 0 Å². The van der Waals surface area contributed by atoms with E-state index in [2.05, 4.69) is 9.88 Å². The van der Waals surface area contributed by atoms with Crippen molar-refractivity contribution in [2.24, 2.45) is 0 Å². The third-order valence-corrected chi connectivity index (χ3v) is 6.38. The summed E-state index contributed by atoms with van der Waals surface area (Å²) >= 11 is 13.5. The number of aromatic nitrogens is 1. The Morgan fingerprint density at radius 2 is 1.90 bits per heavy atom. The standard InChI is InChI=1S/C21H20Cl2FN3O2S.ClH/c22-15-11-14(12-16(23)13-15)20(28)27(6-2-5-26-7-9-29-10-8-26)21-25-19-17(24)3-1-4-18(19)30-21;/h1,3-4,11-13H,2,5-10H2;1H. The van der Waals surface area contributed by atoms with Crippen molar-refractivity contribution in [3.8, 4) is 0 Å². The first kappa shape index (κ1) is 24.2. The number of fused-ring (bicyclic) bond motifs is 1. The number of anilines is 1. The highest BCUT2D eigenvalue weighted by Gasteiger charge is 2.23. The van der Waals surface area contributed by atoms with Crippen LogP contribution in [-0.2, 0) is 4.74 Å². The Morgan fingerprint density at radius 1 is 1.19 bits per heavy atom. The van der Waals surface area contributed by atoms with E-state index in [1.165, 1.54) is 17.4 Å². The fourth-order valence-corrected chi connectivity index (χ4v) is 4.94. The largest absolute Gasteiger partial charge is 0.379 e. The van der Waals surface area contributed by atoms with Gasteiger partial charge in [0.15, 0.2) is 5.13 Å². The highest BCUT2D eigenvalue weighted by molar-refractivity contribution is 7.22. The van der Waals surface area contributed by atoms with Crippen molar-refractivity contribution in [1.82, 2.24) is 9.88 Å². The molecule has 0 unspecified atom stereocenters. The van der Waals surface area contributed by atoms with Gasteiger partial charge in [0.2, 0.25) is 0 Å². The van der Waals surface area contributed by atoms with E-state index in [1.807, 2.05) is 0 Å². The molecule has 2 heterocycles. The Labute approximate surface area is 200 Å². The van der Waals surface area contributed by atoms with Gasteiger partial charge >= 0.3 is 0 Å². The number of amides is 1. The molecule has 0 N–H and O–H groups in total. The highest BCUT2D eigenvalue weighted by atomic mass is 35.5. The SMILES string of the molecule is Cl.O=C(c1cc(Cl)cc(Cl)c1)N(CCCN1CCOCC1)c1nc2c(F)cccc2s1. The molecule has 1 aliphatic rings. The van der Waals surface area contributed by atoms with Crippen molar-refractivity contribution in [3.05, 3.63) is 57.8 Å². The molecule has 0 atom stereocenters. The summed E-state index contributed by atoms with van der Waals surface area (Å²) in [4.78, 5) is 21.7. The molecular weight excluding hydrogens is 484 g/mol. The average Bonchev–Trinajstić information content (AvgIpc) is 3.16. The van der Waals surface area contributed by atoms with E-state index < -0.39 is 5.82 Å². The Morgan fingerprint density at radius 3 is 2.58 bits per heavy atom. The van der Waals surface area contributed by atoms with Gasteiger partial charge < -0.3 is 4.74 Å². The fourth-order valence-electron chi connectivity index (χ4n) is 3.41. The molecule has 1 aromatic heterocycles. The van der Waals surface area contributed by atoms with Crippen molar-refractivity contribution < 1.29 is 13.9 Å². The first-order valence-electron chi connectivity index (χ1n) is 9.64. The number of morpholine rings is 1. The monoisotopic (exact) mass is 503 g/mol. The molecular formula is C21H21Cl3FN3O2S. The van der Waals surface area contributed by atoms with Crippen LogP contribution in [0.4, 0.5) is 9.52 Å². The number of thiazole rings is 1. The van der Waals surface area contributed by atoms with Gasteiger partial charge in [0.25, 0.3) is 5.91 Å². The molecule has 1 aliphatic heterocycles. The number of carbonyl (C=O) groups is 1. The zero-order valence-electron chi connectivity index (χ0n) is 16.5. The number of rotatable bonds is 6. The predicted molar refractivity (Wildman–Crippen MR) is 127 cm³/mol. The van der Waals surface area contributed by atoms with Crippen molar-refractivity contribution in [1.29, 1.82) is 0 Å². The minimum absolute atomic E-state index is 0. The van der Waals surface area contributed by atoms with Crippen LogP contribution < -0.4 is 4.90 Å². The van der Waals surface area contributed by atoms with Gasteiger partial charge in [-0.25, -0.2) is 9.37 Å². The van der Waals surface area contributed by atoms with Gasteiger partial charge in [-0.15, -0.1) is 12.4 Å². The first-order chi connectivity index (χ1) is 14.5. The summed E-state index contributed by atoms with van der Waals surface area (Å²) in [7, 11) is 0. The molecule has 1 saturated heterocycles. The number of hydrogen-bond acceptors (Lipinski definition) is 5. The molecule has 0 spiro atoms. The van der Waals surface area contributed by atoms with Crippen LogP contribution in [-0.4, -0.2) is 55.2 Å². The minimum atomic E-state index is -0.401. The molecule has 5 nitrogen and oxygen atoms in total. The van der Waals surface area contributed by atoms with Gasteiger partial charge in [-0.3, -0.25) is 14.6 Å². The van der Waals surface area contributed by atoms with Crippen LogP contribution >= 0.6 is 46.9 Å². The van der Waals surface area contributed by atoms with E-state index in [1.54, 1.807) is 35.2 Å². The molecule has 1 fully saturated rings. The number of ether oxygens (including phenoxy) is 1. The summed E-state index contributed by atoms with van der Waals surface area (Å²) < 4.78 is 20.3. The molecule has 166 valence electrons. The lowest BCUT2D eigenvalue weighted by atomic mass is 10.2. The second-order valence-corrected chi connectivity index (χ2v) is 8.89. The number of nitrogens with zero attached hydrogens (tertiary/aromatic N) is 3. The normalized spacial score (nSPS) is 14.4. The molecule has 31 heavy (non-hydrogen) atoms. The van der Waals surface area contributed by atoms with Crippen LogP contribution in [0.3, 0.4) is 0 Å². The van der Waals surface area contributed by atoms with Gasteiger partial charge in [-0.2, -0.15) is 0 Å². The summed E-state index contributed by atoms with van der Waals surface area (Å²) in [5.74, 6) is -0.664. The second-order valence-electron chi connectivity index (χ2n) is 7.01. The Bertz CT molecular complexity index is 1040. The summed E-state index contributed by atoms with van der Waals surface area (Å²) in [5, 5.41) is 1.22. The van der Waals surface area contributed by atoms with E-state index in [9.17, 15) is 9.18 Å². The Balaban J connectivity index is 0.00000272. The van der Waals surface area contributed by atoms with Gasteiger partial charge in [0.1, 0.15) is 11.3 Å². The van der Waals surface area contributed by atoms with Gasteiger partial charge in [-0.05, 0) is 36.8 Å². The maximum Gasteiger partial charge on any atom is 0.260 e. The summed E-state index contributed by atoms with van der Waals surface area (Å²) in [6, 6.07) is 9.55. The van der Waals surface area contributed by atoms with Crippen LogP contribution in [0.15, 0.2) is 36.4 Å². The summed E-state index contributed by atoms with van der Waals surface area (Å²) in [5.41, 5.74) is 0.645. The molecule has 2 aromatic carbocycles. The van der Waals surface area contributed by atoms with Crippen LogP contribution in [0.1, 0.15) is 16.8 Å². The lowest BCUT2D eigenvalue weighted by Crippen LogP contribution is -2.39. The third-order valence-electron chi connectivity index (χ3n) is 4.90. The number of halogens is 4. The van der Waals surface area contributed by atoms with Gasteiger partial charge in [0.05, 0.1) is 17.9 Å². The maximum atomic E-state index is 14.2. The molecule has 0 bridgehead atoms. The third kappa shape index (κ3) is 5.86. The first-order valence-corrected chi connectivity index (χ1v) is 11.2. The van der Waals surface area contributed by atoms with E-state index in [-0.39, 0.29) is 23.8 Å². The second kappa shape index (κ2) is 10.9. The lowest BCUT2D eigenvalue weighted by molar-refractivity contribution is 0.0376. The van der Waals surface area contributed by atoms with Gasteiger partial charge in [-0.1, -0.05) is 40.6 Å². The van der Waals surface area contributed by atoms with Crippen molar-refractivity contribution in [2.75, 3.05) is 44.3 Å². The zero-order chi connectivity index (χ0) is 21.1. The average molecular weight is 505 g/mol. The number of benzene rings is 2. The molecule has 0 aliphatic carbocycles. The lowest BCUT2D eigenvalue weighted by Gasteiger charge is -2.27. The quantitative estimate of drug-likeness (QED) is 0.443. The summed E-state index contributed by atoms with van der Waals surface area (Å²) in [6.07, 6.45) is 0.748. The van der Waals surface area contributed by atoms with E-state index in [0.717, 1.165) is 39.3 Å². The fraction of sp³-hybridized carbons (Fsp3) is 0.333. The maximum absolute atomic E-state index is 14.2. The molecule has 0 saturated carbocycles. The number of para-hydroxylation sites is 1. The van der Waals surface area contributed by atoms with Crippen LogP contribution in [0.25, 0.3) is 10.2 Å². The Hall–Kier alpha value is -1.48. The number of hydrogen-bond donors (Lipinski definition) is 0. The van der Waals surface area contributed by atoms with Gasteiger partial charge in [0, 0.05) is 41.8 Å². The molecule has 3 aromatic rings. The molecule has 4 rings (SSSR count). The smallest absolute Gasteiger partial charge is 0.260 e. The Kier molecular flexibility index (Phi) is 8.50. The molecule has 10 heteroatoms. The van der Waals surface area contributed by atoms with E-state index in [4.69, 9.17) is 27.9 Å². The minimum Gasteiger partial charge on any atom is -0.379 e.